The standard InChI is InChI=1S/C16H18N4O/c1-12-16(13(2)21-19-12)10-17-15-6-4-14(5-7-15)11-20-9-3-8-18-20/h3-9,17H,10-11H2,1-2H3. The van der Waals surface area contributed by atoms with Crippen LogP contribution in [0.5, 0.6) is 0 Å². The van der Waals surface area contributed by atoms with E-state index in [0.29, 0.717) is 0 Å². The van der Waals surface area contributed by atoms with Crippen molar-refractivity contribution in [3.05, 3.63) is 65.3 Å². The Morgan fingerprint density at radius 1 is 1.19 bits per heavy atom. The van der Waals surface area contributed by atoms with Crippen LogP contribution in [-0.2, 0) is 13.1 Å². The third kappa shape index (κ3) is 3.13. The van der Waals surface area contributed by atoms with E-state index in [9.17, 15) is 0 Å². The van der Waals surface area contributed by atoms with E-state index in [4.69, 9.17) is 4.52 Å². The average Bonchev–Trinajstić information content (AvgIpc) is 3.10. The Bertz CT molecular complexity index is 679. The van der Waals surface area contributed by atoms with E-state index in [2.05, 4.69) is 39.8 Å². The van der Waals surface area contributed by atoms with Gasteiger partial charge in [0.2, 0.25) is 0 Å². The molecule has 108 valence electrons. The highest BCUT2D eigenvalue weighted by atomic mass is 16.5. The van der Waals surface area contributed by atoms with Crippen LogP contribution in [0.25, 0.3) is 0 Å². The van der Waals surface area contributed by atoms with E-state index in [1.807, 2.05) is 30.8 Å². The Morgan fingerprint density at radius 2 is 2.00 bits per heavy atom. The number of rotatable bonds is 5. The van der Waals surface area contributed by atoms with Crippen molar-refractivity contribution in [1.29, 1.82) is 0 Å². The maximum Gasteiger partial charge on any atom is 0.138 e. The van der Waals surface area contributed by atoms with Crippen molar-refractivity contribution in [1.82, 2.24) is 14.9 Å². The van der Waals surface area contributed by atoms with Crippen molar-refractivity contribution in [2.75, 3.05) is 5.32 Å². The first-order valence-corrected chi connectivity index (χ1v) is 6.94. The quantitative estimate of drug-likeness (QED) is 0.781. The first-order valence-electron chi connectivity index (χ1n) is 6.94. The normalized spacial score (nSPS) is 10.8. The van der Waals surface area contributed by atoms with E-state index >= 15 is 0 Å². The fraction of sp³-hybridized carbons (Fsp3) is 0.250. The van der Waals surface area contributed by atoms with Gasteiger partial charge >= 0.3 is 0 Å². The van der Waals surface area contributed by atoms with Crippen LogP contribution in [-0.4, -0.2) is 14.9 Å². The molecule has 2 aromatic heterocycles. The van der Waals surface area contributed by atoms with Gasteiger partial charge in [0.05, 0.1) is 12.2 Å². The van der Waals surface area contributed by atoms with Crippen LogP contribution in [0, 0.1) is 13.8 Å². The average molecular weight is 282 g/mol. The number of hydrogen-bond donors (Lipinski definition) is 1. The molecule has 3 aromatic rings. The molecule has 0 radical (unpaired) electrons. The predicted molar refractivity (Wildman–Crippen MR) is 81.1 cm³/mol. The van der Waals surface area contributed by atoms with Gasteiger partial charge in [-0.3, -0.25) is 4.68 Å². The van der Waals surface area contributed by atoms with Crippen LogP contribution in [0.3, 0.4) is 0 Å². The molecule has 1 N–H and O–H groups in total. The number of nitrogens with one attached hydrogen (secondary N) is 1. The molecule has 0 saturated heterocycles. The summed E-state index contributed by atoms with van der Waals surface area (Å²) < 4.78 is 7.07. The SMILES string of the molecule is Cc1noc(C)c1CNc1ccc(Cn2cccn2)cc1. The second kappa shape index (κ2) is 5.83. The molecule has 5 nitrogen and oxygen atoms in total. The number of anilines is 1. The van der Waals surface area contributed by atoms with Gasteiger partial charge in [0, 0.05) is 30.2 Å². The van der Waals surface area contributed by atoms with Gasteiger partial charge in [-0.25, -0.2) is 0 Å². The van der Waals surface area contributed by atoms with Gasteiger partial charge < -0.3 is 9.84 Å². The topological polar surface area (TPSA) is 55.9 Å². The van der Waals surface area contributed by atoms with Crippen LogP contribution in [0.1, 0.15) is 22.6 Å². The fourth-order valence-electron chi connectivity index (χ4n) is 2.25. The van der Waals surface area contributed by atoms with Gasteiger partial charge in [0.15, 0.2) is 0 Å². The van der Waals surface area contributed by atoms with Crippen molar-refractivity contribution in [3.63, 3.8) is 0 Å². The van der Waals surface area contributed by atoms with Gasteiger partial charge in [0.1, 0.15) is 5.76 Å². The largest absolute Gasteiger partial charge is 0.381 e. The number of nitrogens with zero attached hydrogens (tertiary/aromatic N) is 3. The Kier molecular flexibility index (Phi) is 3.73. The van der Waals surface area contributed by atoms with Crippen molar-refractivity contribution in [2.45, 2.75) is 26.9 Å². The summed E-state index contributed by atoms with van der Waals surface area (Å²) in [6.07, 6.45) is 3.75. The second-order valence-corrected chi connectivity index (χ2v) is 5.06. The van der Waals surface area contributed by atoms with Crippen LogP contribution in [0.4, 0.5) is 5.69 Å². The van der Waals surface area contributed by atoms with E-state index in [1.165, 1.54) is 5.56 Å². The molecule has 3 rings (SSSR count). The number of aromatic nitrogens is 3. The lowest BCUT2D eigenvalue weighted by Crippen LogP contribution is -2.02. The fourth-order valence-corrected chi connectivity index (χ4v) is 2.25. The lowest BCUT2D eigenvalue weighted by Gasteiger charge is -2.07. The maximum absolute atomic E-state index is 5.16. The second-order valence-electron chi connectivity index (χ2n) is 5.06. The van der Waals surface area contributed by atoms with Crippen molar-refractivity contribution in [3.8, 4) is 0 Å². The number of hydrogen-bond acceptors (Lipinski definition) is 4. The van der Waals surface area contributed by atoms with Gasteiger partial charge in [-0.2, -0.15) is 5.10 Å². The summed E-state index contributed by atoms with van der Waals surface area (Å²) in [5.41, 5.74) is 4.37. The van der Waals surface area contributed by atoms with Gasteiger partial charge in [-0.1, -0.05) is 17.3 Å². The first-order chi connectivity index (χ1) is 10.2. The number of benzene rings is 1. The summed E-state index contributed by atoms with van der Waals surface area (Å²) in [5, 5.41) is 11.6. The van der Waals surface area contributed by atoms with Crippen molar-refractivity contribution < 1.29 is 4.52 Å². The summed E-state index contributed by atoms with van der Waals surface area (Å²) in [7, 11) is 0. The minimum absolute atomic E-state index is 0.722. The summed E-state index contributed by atoms with van der Waals surface area (Å²) in [6.45, 7) is 5.40. The zero-order chi connectivity index (χ0) is 14.7. The number of aryl methyl sites for hydroxylation is 2. The molecule has 0 saturated carbocycles. The van der Waals surface area contributed by atoms with Crippen LogP contribution in [0.2, 0.25) is 0 Å². The summed E-state index contributed by atoms with van der Waals surface area (Å²) in [6, 6.07) is 10.3. The summed E-state index contributed by atoms with van der Waals surface area (Å²) in [4.78, 5) is 0. The lowest BCUT2D eigenvalue weighted by atomic mass is 10.2. The zero-order valence-corrected chi connectivity index (χ0v) is 12.2. The molecule has 0 unspecified atom stereocenters. The highest BCUT2D eigenvalue weighted by Crippen LogP contribution is 2.16. The van der Waals surface area contributed by atoms with E-state index in [-0.39, 0.29) is 0 Å². The van der Waals surface area contributed by atoms with Crippen molar-refractivity contribution in [2.24, 2.45) is 0 Å². The molecule has 5 heteroatoms. The van der Waals surface area contributed by atoms with E-state index in [0.717, 1.165) is 35.8 Å². The third-order valence-electron chi connectivity index (χ3n) is 3.51. The molecular formula is C16H18N4O. The highest BCUT2D eigenvalue weighted by Gasteiger charge is 2.08. The Hall–Kier alpha value is -2.56. The predicted octanol–water partition coefficient (Wildman–Crippen LogP) is 3.15. The lowest BCUT2D eigenvalue weighted by molar-refractivity contribution is 0.392. The van der Waals surface area contributed by atoms with E-state index in [1.54, 1.807) is 6.20 Å². The Morgan fingerprint density at radius 3 is 2.62 bits per heavy atom. The van der Waals surface area contributed by atoms with Crippen molar-refractivity contribution >= 4 is 5.69 Å². The minimum atomic E-state index is 0.722. The van der Waals surface area contributed by atoms with Gasteiger partial charge in [0.25, 0.3) is 0 Å². The molecule has 2 heterocycles. The molecule has 0 bridgehead atoms. The molecule has 21 heavy (non-hydrogen) atoms. The maximum atomic E-state index is 5.16. The summed E-state index contributed by atoms with van der Waals surface area (Å²) >= 11 is 0. The molecule has 0 amide bonds. The van der Waals surface area contributed by atoms with Crippen LogP contribution < -0.4 is 5.32 Å². The third-order valence-corrected chi connectivity index (χ3v) is 3.51. The molecule has 0 atom stereocenters. The van der Waals surface area contributed by atoms with Crippen LogP contribution in [0.15, 0.2) is 47.2 Å². The molecule has 0 aliphatic heterocycles. The van der Waals surface area contributed by atoms with Crippen LogP contribution >= 0.6 is 0 Å². The molecular weight excluding hydrogens is 264 g/mol. The Labute approximate surface area is 123 Å². The highest BCUT2D eigenvalue weighted by molar-refractivity contribution is 5.45. The zero-order valence-electron chi connectivity index (χ0n) is 12.2. The minimum Gasteiger partial charge on any atom is -0.381 e. The molecule has 1 aromatic carbocycles. The summed E-state index contributed by atoms with van der Waals surface area (Å²) in [5.74, 6) is 0.871. The molecule has 0 aliphatic carbocycles. The van der Waals surface area contributed by atoms with E-state index < -0.39 is 0 Å². The molecule has 0 aliphatic rings. The monoisotopic (exact) mass is 282 g/mol. The Balaban J connectivity index is 1.62. The molecule has 0 spiro atoms. The smallest absolute Gasteiger partial charge is 0.138 e. The van der Waals surface area contributed by atoms with Gasteiger partial charge in [-0.15, -0.1) is 0 Å². The van der Waals surface area contributed by atoms with Gasteiger partial charge in [-0.05, 0) is 37.6 Å². The molecule has 0 fully saturated rings. The first kappa shape index (κ1) is 13.4.